The van der Waals surface area contributed by atoms with Crippen molar-refractivity contribution in [1.29, 1.82) is 0 Å². The summed E-state index contributed by atoms with van der Waals surface area (Å²) in [6, 6.07) is 1.49. The molecule has 0 aliphatic heterocycles. The smallest absolute Gasteiger partial charge is 0.340 e. The Bertz CT molecular complexity index is 477. The number of hydrogen-bond donors (Lipinski definition) is 1. The van der Waals surface area contributed by atoms with E-state index in [2.05, 4.69) is 10.1 Å². The minimum atomic E-state index is -1.47. The average Bonchev–Trinajstić information content (AvgIpc) is 2.73. The van der Waals surface area contributed by atoms with E-state index in [-0.39, 0.29) is 5.56 Å². The van der Waals surface area contributed by atoms with Crippen LogP contribution in [0.1, 0.15) is 10.4 Å². The van der Waals surface area contributed by atoms with Crippen LogP contribution >= 0.6 is 11.3 Å². The van der Waals surface area contributed by atoms with Gasteiger partial charge in [0.05, 0.1) is 18.6 Å². The van der Waals surface area contributed by atoms with Crippen molar-refractivity contribution in [3.63, 3.8) is 0 Å². The number of hydrogen-bond acceptors (Lipinski definition) is 6. The molecule has 1 amide bonds. The monoisotopic (exact) mass is 254 g/mol. The van der Waals surface area contributed by atoms with Crippen LogP contribution < -0.4 is 10.4 Å². The minimum Gasteiger partial charge on any atom is -0.545 e. The van der Waals surface area contributed by atoms with Crippen molar-refractivity contribution in [3.8, 4) is 0 Å². The standard InChI is InChI=1S/C10H9NO5S/c1-16-10(15)6-4-5-17-9(6)11-7(12)2-3-8(13)14/h2-5H,1H3,(H,11,12)(H,13,14)/p-1/b3-2+. The maximum atomic E-state index is 11.3. The SMILES string of the molecule is COC(=O)c1ccsc1NC(=O)/C=C/C(=O)[O-]. The van der Waals surface area contributed by atoms with Crippen LogP contribution in [0.5, 0.6) is 0 Å². The van der Waals surface area contributed by atoms with Gasteiger partial charge in [0.15, 0.2) is 0 Å². The van der Waals surface area contributed by atoms with Crippen LogP contribution in [0.4, 0.5) is 5.00 Å². The summed E-state index contributed by atoms with van der Waals surface area (Å²) in [7, 11) is 1.22. The van der Waals surface area contributed by atoms with Crippen molar-refractivity contribution in [2.75, 3.05) is 12.4 Å². The Balaban J connectivity index is 2.75. The highest BCUT2D eigenvalue weighted by Crippen LogP contribution is 2.23. The Morgan fingerprint density at radius 3 is 2.71 bits per heavy atom. The fraction of sp³-hybridized carbons (Fsp3) is 0.100. The molecule has 1 aromatic heterocycles. The quantitative estimate of drug-likeness (QED) is 0.592. The molecule has 1 aromatic rings. The van der Waals surface area contributed by atoms with Gasteiger partial charge >= 0.3 is 5.97 Å². The number of aliphatic carboxylic acids is 1. The number of anilines is 1. The summed E-state index contributed by atoms with van der Waals surface area (Å²) in [6.45, 7) is 0. The summed E-state index contributed by atoms with van der Waals surface area (Å²) in [6.07, 6.45) is 1.40. The zero-order valence-electron chi connectivity index (χ0n) is 8.76. The van der Waals surface area contributed by atoms with Crippen molar-refractivity contribution in [2.45, 2.75) is 0 Å². The second-order valence-corrected chi connectivity index (χ2v) is 3.71. The maximum absolute atomic E-state index is 11.3. The van der Waals surface area contributed by atoms with Gasteiger partial charge in [0.1, 0.15) is 5.00 Å². The molecule has 1 rings (SSSR count). The van der Waals surface area contributed by atoms with E-state index in [9.17, 15) is 19.5 Å². The van der Waals surface area contributed by atoms with Gasteiger partial charge in [0, 0.05) is 6.08 Å². The number of amides is 1. The molecule has 90 valence electrons. The van der Waals surface area contributed by atoms with Crippen molar-refractivity contribution in [2.24, 2.45) is 0 Å². The van der Waals surface area contributed by atoms with Gasteiger partial charge in [-0.25, -0.2) is 4.79 Å². The number of carbonyl (C=O) groups excluding carboxylic acids is 3. The first-order valence-electron chi connectivity index (χ1n) is 4.40. The molecule has 0 unspecified atom stereocenters. The lowest BCUT2D eigenvalue weighted by atomic mass is 10.3. The molecular weight excluding hydrogens is 246 g/mol. The lowest BCUT2D eigenvalue weighted by Crippen LogP contribution is -2.20. The second-order valence-electron chi connectivity index (χ2n) is 2.80. The number of carboxylic acids is 1. The molecule has 1 heterocycles. The van der Waals surface area contributed by atoms with Gasteiger partial charge in [0.2, 0.25) is 5.91 Å². The molecule has 0 spiro atoms. The first-order chi connectivity index (χ1) is 8.04. The van der Waals surface area contributed by atoms with Gasteiger partial charge in [-0.1, -0.05) is 0 Å². The van der Waals surface area contributed by atoms with Gasteiger partial charge in [-0.3, -0.25) is 4.79 Å². The molecule has 0 aliphatic rings. The van der Waals surface area contributed by atoms with Crippen LogP contribution in [0.25, 0.3) is 0 Å². The molecule has 0 aliphatic carbocycles. The van der Waals surface area contributed by atoms with E-state index in [0.29, 0.717) is 11.1 Å². The van der Waals surface area contributed by atoms with Crippen LogP contribution in [-0.2, 0) is 14.3 Å². The van der Waals surface area contributed by atoms with Crippen molar-refractivity contribution in [1.82, 2.24) is 0 Å². The largest absolute Gasteiger partial charge is 0.545 e. The number of thiophene rings is 1. The lowest BCUT2D eigenvalue weighted by Gasteiger charge is -2.02. The normalized spacial score (nSPS) is 10.2. The highest BCUT2D eigenvalue weighted by molar-refractivity contribution is 7.14. The molecule has 0 saturated carbocycles. The van der Waals surface area contributed by atoms with Gasteiger partial charge in [-0.15, -0.1) is 11.3 Å². The molecule has 0 saturated heterocycles. The predicted octanol–water partition coefficient (Wildman–Crippen LogP) is -0.221. The summed E-state index contributed by atoms with van der Waals surface area (Å²) in [5.41, 5.74) is 0.215. The predicted molar refractivity (Wildman–Crippen MR) is 58.4 cm³/mol. The Hall–Kier alpha value is -2.15. The fourth-order valence-electron chi connectivity index (χ4n) is 0.974. The van der Waals surface area contributed by atoms with Crippen LogP contribution in [0.2, 0.25) is 0 Å². The minimum absolute atomic E-state index is 0.215. The van der Waals surface area contributed by atoms with E-state index in [1.807, 2.05) is 0 Å². The van der Waals surface area contributed by atoms with E-state index >= 15 is 0 Å². The molecule has 0 atom stereocenters. The van der Waals surface area contributed by atoms with Gasteiger partial charge < -0.3 is 20.0 Å². The zero-order chi connectivity index (χ0) is 12.8. The average molecular weight is 254 g/mol. The first-order valence-corrected chi connectivity index (χ1v) is 5.28. The Kier molecular flexibility index (Phi) is 4.41. The van der Waals surface area contributed by atoms with E-state index in [4.69, 9.17) is 0 Å². The highest BCUT2D eigenvalue weighted by Gasteiger charge is 2.14. The second kappa shape index (κ2) is 5.80. The fourth-order valence-corrected chi connectivity index (χ4v) is 1.75. The number of carbonyl (C=O) groups is 3. The number of carboxylic acid groups (broad SMARTS) is 1. The third-order valence-corrected chi connectivity index (χ3v) is 2.51. The topological polar surface area (TPSA) is 95.5 Å². The highest BCUT2D eigenvalue weighted by atomic mass is 32.1. The van der Waals surface area contributed by atoms with Crippen LogP contribution in [-0.4, -0.2) is 25.0 Å². The molecule has 0 bridgehead atoms. The number of methoxy groups -OCH3 is 1. The summed E-state index contributed by atoms with van der Waals surface area (Å²) >= 11 is 1.13. The van der Waals surface area contributed by atoms with Crippen LogP contribution in [0, 0.1) is 0 Å². The maximum Gasteiger partial charge on any atom is 0.340 e. The van der Waals surface area contributed by atoms with Crippen LogP contribution in [0.3, 0.4) is 0 Å². The van der Waals surface area contributed by atoms with Crippen molar-refractivity contribution >= 4 is 34.2 Å². The third-order valence-electron chi connectivity index (χ3n) is 1.68. The van der Waals surface area contributed by atoms with Gasteiger partial charge in [-0.05, 0) is 17.5 Å². The van der Waals surface area contributed by atoms with E-state index in [0.717, 1.165) is 17.4 Å². The number of rotatable bonds is 4. The number of esters is 1. The van der Waals surface area contributed by atoms with Crippen molar-refractivity contribution < 1.29 is 24.2 Å². The molecule has 17 heavy (non-hydrogen) atoms. The summed E-state index contributed by atoms with van der Waals surface area (Å²) in [4.78, 5) is 32.6. The van der Waals surface area contributed by atoms with Crippen molar-refractivity contribution in [3.05, 3.63) is 29.2 Å². The van der Waals surface area contributed by atoms with Crippen LogP contribution in [0.15, 0.2) is 23.6 Å². The summed E-state index contributed by atoms with van der Waals surface area (Å²) < 4.78 is 4.51. The summed E-state index contributed by atoms with van der Waals surface area (Å²) in [5.74, 6) is -2.72. The molecule has 6 nitrogen and oxygen atoms in total. The van der Waals surface area contributed by atoms with Gasteiger partial charge in [0.25, 0.3) is 0 Å². The van der Waals surface area contributed by atoms with E-state index in [1.165, 1.54) is 13.2 Å². The molecular formula is C10H8NO5S-. The number of nitrogens with one attached hydrogen (secondary N) is 1. The van der Waals surface area contributed by atoms with E-state index in [1.54, 1.807) is 5.38 Å². The molecule has 7 heteroatoms. The third kappa shape index (κ3) is 3.72. The summed E-state index contributed by atoms with van der Waals surface area (Å²) in [5, 5.41) is 14.3. The number of ether oxygens (including phenoxy) is 1. The Morgan fingerprint density at radius 2 is 2.12 bits per heavy atom. The first kappa shape index (κ1) is 12.9. The Morgan fingerprint density at radius 1 is 1.41 bits per heavy atom. The lowest BCUT2D eigenvalue weighted by molar-refractivity contribution is -0.297. The zero-order valence-corrected chi connectivity index (χ0v) is 9.58. The van der Waals surface area contributed by atoms with E-state index < -0.39 is 17.8 Å². The van der Waals surface area contributed by atoms with Gasteiger partial charge in [-0.2, -0.15) is 0 Å². The molecule has 0 fully saturated rings. The molecule has 1 N–H and O–H groups in total. The molecule has 0 aromatic carbocycles. The molecule has 0 radical (unpaired) electrons. The Labute approximate surface area is 101 Å².